The Morgan fingerprint density at radius 2 is 1.65 bits per heavy atom. The maximum Gasteiger partial charge on any atom is 0.250 e. The molecule has 1 amide bonds. The van der Waals surface area contributed by atoms with E-state index in [2.05, 4.69) is 26.8 Å². The summed E-state index contributed by atoms with van der Waals surface area (Å²) in [6.07, 6.45) is 3.11. The van der Waals surface area contributed by atoms with Gasteiger partial charge in [0.2, 0.25) is 11.9 Å². The number of benzene rings is 3. The second-order valence-electron chi connectivity index (χ2n) is 7.81. The summed E-state index contributed by atoms with van der Waals surface area (Å²) in [5.74, 6) is 0.716. The fraction of sp³-hybridized carbons (Fsp3) is 0.115. The zero-order valence-electron chi connectivity index (χ0n) is 18.2. The van der Waals surface area contributed by atoms with Crippen LogP contribution in [0.15, 0.2) is 91.0 Å². The number of carbonyl (C=O) groups is 1. The summed E-state index contributed by atoms with van der Waals surface area (Å²) in [5, 5.41) is 11.4. The van der Waals surface area contributed by atoms with Crippen LogP contribution in [0.2, 0.25) is 5.02 Å². The van der Waals surface area contributed by atoms with Crippen molar-refractivity contribution in [1.82, 2.24) is 14.8 Å². The molecule has 0 bridgehead atoms. The summed E-state index contributed by atoms with van der Waals surface area (Å²) >= 11 is 6.10. The van der Waals surface area contributed by atoms with Crippen LogP contribution in [-0.4, -0.2) is 20.7 Å². The van der Waals surface area contributed by atoms with E-state index in [1.807, 2.05) is 84.9 Å². The number of aromatic nitrogens is 3. The fourth-order valence-electron chi connectivity index (χ4n) is 3.82. The van der Waals surface area contributed by atoms with Crippen LogP contribution in [0, 0.1) is 0 Å². The lowest BCUT2D eigenvalue weighted by Gasteiger charge is -2.24. The van der Waals surface area contributed by atoms with E-state index in [1.165, 1.54) is 0 Å². The van der Waals surface area contributed by atoms with E-state index >= 15 is 0 Å². The minimum absolute atomic E-state index is 0. The van der Waals surface area contributed by atoms with Gasteiger partial charge in [-0.3, -0.25) is 10.1 Å². The Kier molecular flexibility index (Phi) is 7.30. The van der Waals surface area contributed by atoms with Crippen LogP contribution in [0.5, 0.6) is 0 Å². The van der Waals surface area contributed by atoms with Crippen LogP contribution in [0.25, 0.3) is 5.70 Å². The topological polar surface area (TPSA) is 71.8 Å². The summed E-state index contributed by atoms with van der Waals surface area (Å²) in [7, 11) is 0. The van der Waals surface area contributed by atoms with E-state index in [0.717, 1.165) is 22.4 Å². The smallest absolute Gasteiger partial charge is 0.250 e. The predicted molar refractivity (Wildman–Crippen MR) is 138 cm³/mol. The van der Waals surface area contributed by atoms with Gasteiger partial charge in [-0.2, -0.15) is 4.98 Å². The summed E-state index contributed by atoms with van der Waals surface area (Å²) in [4.78, 5) is 17.1. The number of halogens is 2. The van der Waals surface area contributed by atoms with Crippen molar-refractivity contribution < 1.29 is 4.79 Å². The molecule has 0 fully saturated rings. The number of nitrogens with zero attached hydrogens (tertiary/aromatic N) is 3. The SMILES string of the molecule is Cl.O=C(CCc1ccccc1)Nc1nc2n(n1)C(c1ccc(Cl)cc1)C=C(c1ccccc1)N2. The van der Waals surface area contributed by atoms with Crippen molar-refractivity contribution in [3.8, 4) is 0 Å². The largest absolute Gasteiger partial charge is 0.324 e. The van der Waals surface area contributed by atoms with Gasteiger partial charge >= 0.3 is 0 Å². The van der Waals surface area contributed by atoms with Gasteiger partial charge in [-0.15, -0.1) is 17.5 Å². The Hall–Kier alpha value is -3.61. The number of hydrogen-bond acceptors (Lipinski definition) is 4. The summed E-state index contributed by atoms with van der Waals surface area (Å²) in [6, 6.07) is 27.4. The van der Waals surface area contributed by atoms with Gasteiger partial charge < -0.3 is 5.32 Å². The number of allylic oxidation sites excluding steroid dienone is 1. The van der Waals surface area contributed by atoms with Gasteiger partial charge in [0.15, 0.2) is 0 Å². The van der Waals surface area contributed by atoms with Crippen LogP contribution in [0.4, 0.5) is 11.9 Å². The highest BCUT2D eigenvalue weighted by Gasteiger charge is 2.25. The van der Waals surface area contributed by atoms with Gasteiger partial charge in [-0.25, -0.2) is 4.68 Å². The van der Waals surface area contributed by atoms with E-state index < -0.39 is 0 Å². The molecule has 2 N–H and O–H groups in total. The summed E-state index contributed by atoms with van der Waals surface area (Å²) in [5.41, 5.74) is 4.10. The zero-order valence-corrected chi connectivity index (χ0v) is 19.8. The molecule has 8 heteroatoms. The van der Waals surface area contributed by atoms with Gasteiger partial charge in [-0.05, 0) is 41.3 Å². The Balaban J connectivity index is 0.00000274. The predicted octanol–water partition coefficient (Wildman–Crippen LogP) is 5.98. The first kappa shape index (κ1) is 23.5. The van der Waals surface area contributed by atoms with Crippen molar-refractivity contribution in [3.05, 3.63) is 113 Å². The molecule has 2 heterocycles. The van der Waals surface area contributed by atoms with E-state index in [4.69, 9.17) is 11.6 Å². The molecule has 1 aliphatic rings. The minimum Gasteiger partial charge on any atom is -0.324 e. The maximum atomic E-state index is 12.5. The van der Waals surface area contributed by atoms with Crippen molar-refractivity contribution in [3.63, 3.8) is 0 Å². The van der Waals surface area contributed by atoms with Gasteiger partial charge in [-0.1, -0.05) is 84.4 Å². The molecular formula is C26H23Cl2N5O. The molecule has 3 aromatic carbocycles. The molecular weight excluding hydrogens is 469 g/mol. The van der Waals surface area contributed by atoms with Gasteiger partial charge in [0.05, 0.1) is 0 Å². The van der Waals surface area contributed by atoms with Crippen molar-refractivity contribution in [1.29, 1.82) is 0 Å². The van der Waals surface area contributed by atoms with Crippen molar-refractivity contribution in [2.45, 2.75) is 18.9 Å². The molecule has 0 spiro atoms. The average Bonchev–Trinajstić information content (AvgIpc) is 3.26. The Labute approximate surface area is 209 Å². The number of hydrogen-bond donors (Lipinski definition) is 2. The highest BCUT2D eigenvalue weighted by Crippen LogP contribution is 2.33. The van der Waals surface area contributed by atoms with Crippen LogP contribution in [0.3, 0.4) is 0 Å². The molecule has 0 aliphatic carbocycles. The summed E-state index contributed by atoms with van der Waals surface area (Å²) < 4.78 is 1.78. The Morgan fingerprint density at radius 1 is 0.971 bits per heavy atom. The third-order valence-corrected chi connectivity index (χ3v) is 5.75. The monoisotopic (exact) mass is 491 g/mol. The Morgan fingerprint density at radius 3 is 2.35 bits per heavy atom. The number of nitrogens with one attached hydrogen (secondary N) is 2. The van der Waals surface area contributed by atoms with Crippen LogP contribution in [0.1, 0.15) is 29.2 Å². The van der Waals surface area contributed by atoms with Gasteiger partial charge in [0.1, 0.15) is 6.04 Å². The molecule has 1 atom stereocenters. The lowest BCUT2D eigenvalue weighted by atomic mass is 10.0. The second-order valence-corrected chi connectivity index (χ2v) is 8.24. The fourth-order valence-corrected chi connectivity index (χ4v) is 3.95. The van der Waals surface area contributed by atoms with Crippen LogP contribution >= 0.6 is 24.0 Å². The number of amides is 1. The van der Waals surface area contributed by atoms with E-state index in [0.29, 0.717) is 23.8 Å². The number of rotatable bonds is 6. The first-order chi connectivity index (χ1) is 16.2. The lowest BCUT2D eigenvalue weighted by molar-refractivity contribution is -0.116. The minimum atomic E-state index is -0.198. The molecule has 1 aromatic heterocycles. The molecule has 4 aromatic rings. The molecule has 172 valence electrons. The quantitative estimate of drug-likeness (QED) is 0.347. The third-order valence-electron chi connectivity index (χ3n) is 5.50. The highest BCUT2D eigenvalue weighted by atomic mass is 35.5. The van der Waals surface area contributed by atoms with Crippen LogP contribution < -0.4 is 10.6 Å². The Bertz CT molecular complexity index is 1290. The van der Waals surface area contributed by atoms with Gasteiger partial charge in [0.25, 0.3) is 5.95 Å². The second kappa shape index (κ2) is 10.5. The molecule has 1 unspecified atom stereocenters. The molecule has 6 nitrogen and oxygen atoms in total. The molecule has 0 radical (unpaired) electrons. The van der Waals surface area contributed by atoms with E-state index in [-0.39, 0.29) is 30.3 Å². The first-order valence-corrected chi connectivity index (χ1v) is 11.1. The van der Waals surface area contributed by atoms with Crippen molar-refractivity contribution >= 4 is 47.5 Å². The number of aryl methyl sites for hydroxylation is 1. The number of carbonyl (C=O) groups excluding carboxylic acids is 1. The van der Waals surface area contributed by atoms with Gasteiger partial charge in [0, 0.05) is 17.1 Å². The lowest BCUT2D eigenvalue weighted by Crippen LogP contribution is -2.20. The number of fused-ring (bicyclic) bond motifs is 1. The standard InChI is InChI=1S/C26H22ClN5O.ClH/c27-21-14-12-20(13-15-21)23-17-22(19-9-5-2-6-10-19)28-26-30-25(31-32(23)26)29-24(33)16-11-18-7-3-1-4-8-18;/h1-10,12-15,17,23H,11,16H2,(H2,28,29,30,31,33);1H. The first-order valence-electron chi connectivity index (χ1n) is 10.8. The zero-order chi connectivity index (χ0) is 22.6. The van der Waals surface area contributed by atoms with Crippen molar-refractivity contribution in [2.24, 2.45) is 0 Å². The molecule has 0 saturated heterocycles. The summed E-state index contributed by atoms with van der Waals surface area (Å²) in [6.45, 7) is 0. The van der Waals surface area contributed by atoms with E-state index in [1.54, 1.807) is 4.68 Å². The maximum absolute atomic E-state index is 12.5. The number of anilines is 2. The molecule has 5 rings (SSSR count). The van der Waals surface area contributed by atoms with E-state index in [9.17, 15) is 4.79 Å². The highest BCUT2D eigenvalue weighted by molar-refractivity contribution is 6.30. The normalized spacial score (nSPS) is 14.3. The van der Waals surface area contributed by atoms with Crippen molar-refractivity contribution in [2.75, 3.05) is 10.6 Å². The molecule has 1 aliphatic heterocycles. The molecule has 34 heavy (non-hydrogen) atoms. The molecule has 0 saturated carbocycles. The average molecular weight is 492 g/mol. The van der Waals surface area contributed by atoms with Crippen LogP contribution in [-0.2, 0) is 11.2 Å². The third kappa shape index (κ3) is 5.30.